The molecule has 1 aliphatic heterocycles. The first kappa shape index (κ1) is 13.8. The molecule has 1 amide bonds. The van der Waals surface area contributed by atoms with Gasteiger partial charge in [0, 0.05) is 24.4 Å². The SMILES string of the molecule is CC(C(=O)NCC1(O)CCOC1)c1ccc(Cl)s1. The smallest absolute Gasteiger partial charge is 0.228 e. The van der Waals surface area contributed by atoms with Gasteiger partial charge in [0.05, 0.1) is 16.9 Å². The summed E-state index contributed by atoms with van der Waals surface area (Å²) in [5.41, 5.74) is -0.914. The summed E-state index contributed by atoms with van der Waals surface area (Å²) < 4.78 is 5.80. The highest BCUT2D eigenvalue weighted by atomic mass is 35.5. The van der Waals surface area contributed by atoms with Crippen LogP contribution in [-0.4, -0.2) is 36.4 Å². The molecular weight excluding hydrogens is 274 g/mol. The van der Waals surface area contributed by atoms with Gasteiger partial charge in [-0.05, 0) is 19.1 Å². The third-order valence-corrected chi connectivity index (χ3v) is 4.50. The monoisotopic (exact) mass is 289 g/mol. The van der Waals surface area contributed by atoms with Gasteiger partial charge in [-0.2, -0.15) is 0 Å². The fourth-order valence-corrected chi connectivity index (χ4v) is 2.94. The van der Waals surface area contributed by atoms with Gasteiger partial charge in [-0.3, -0.25) is 4.79 Å². The number of thiophene rings is 1. The molecule has 0 bridgehead atoms. The molecule has 1 saturated heterocycles. The van der Waals surface area contributed by atoms with Gasteiger partial charge in [0.2, 0.25) is 5.91 Å². The van der Waals surface area contributed by atoms with Crippen LogP contribution in [-0.2, 0) is 9.53 Å². The van der Waals surface area contributed by atoms with Crippen molar-refractivity contribution in [2.75, 3.05) is 19.8 Å². The van der Waals surface area contributed by atoms with E-state index in [1.165, 1.54) is 11.3 Å². The minimum atomic E-state index is -0.914. The molecule has 4 nitrogen and oxygen atoms in total. The van der Waals surface area contributed by atoms with Crippen molar-refractivity contribution in [1.29, 1.82) is 0 Å². The molecule has 0 aromatic carbocycles. The summed E-state index contributed by atoms with van der Waals surface area (Å²) in [6.45, 7) is 2.89. The van der Waals surface area contributed by atoms with Crippen molar-refractivity contribution in [2.45, 2.75) is 24.9 Å². The van der Waals surface area contributed by atoms with Crippen LogP contribution in [0.2, 0.25) is 4.34 Å². The van der Waals surface area contributed by atoms with Gasteiger partial charge in [0.25, 0.3) is 0 Å². The van der Waals surface area contributed by atoms with Crippen LogP contribution in [0.3, 0.4) is 0 Å². The van der Waals surface area contributed by atoms with Gasteiger partial charge < -0.3 is 15.2 Å². The first-order valence-electron chi connectivity index (χ1n) is 5.83. The van der Waals surface area contributed by atoms with Gasteiger partial charge in [-0.25, -0.2) is 0 Å². The van der Waals surface area contributed by atoms with Crippen LogP contribution in [0.1, 0.15) is 24.1 Å². The van der Waals surface area contributed by atoms with Crippen LogP contribution in [0.15, 0.2) is 12.1 Å². The van der Waals surface area contributed by atoms with Crippen molar-refractivity contribution in [1.82, 2.24) is 5.32 Å². The quantitative estimate of drug-likeness (QED) is 0.888. The molecule has 1 aromatic rings. The molecule has 2 rings (SSSR count). The molecule has 2 atom stereocenters. The summed E-state index contributed by atoms with van der Waals surface area (Å²) in [4.78, 5) is 12.9. The summed E-state index contributed by atoms with van der Waals surface area (Å²) >= 11 is 7.24. The number of rotatable bonds is 4. The average Bonchev–Trinajstić information content (AvgIpc) is 2.95. The van der Waals surface area contributed by atoms with E-state index >= 15 is 0 Å². The largest absolute Gasteiger partial charge is 0.386 e. The maximum absolute atomic E-state index is 12.0. The molecule has 0 saturated carbocycles. The van der Waals surface area contributed by atoms with Crippen molar-refractivity contribution in [3.8, 4) is 0 Å². The fraction of sp³-hybridized carbons (Fsp3) is 0.583. The molecule has 1 fully saturated rings. The lowest BCUT2D eigenvalue weighted by atomic mass is 10.0. The lowest BCUT2D eigenvalue weighted by molar-refractivity contribution is -0.123. The van der Waals surface area contributed by atoms with E-state index in [0.717, 1.165) is 4.88 Å². The van der Waals surface area contributed by atoms with Crippen molar-refractivity contribution >= 4 is 28.8 Å². The number of nitrogens with one attached hydrogen (secondary N) is 1. The number of carbonyl (C=O) groups is 1. The molecule has 2 heterocycles. The average molecular weight is 290 g/mol. The second-order valence-corrected chi connectivity index (χ2v) is 6.35. The number of amides is 1. The third-order valence-electron chi connectivity index (χ3n) is 3.09. The zero-order valence-corrected chi connectivity index (χ0v) is 11.7. The summed E-state index contributed by atoms with van der Waals surface area (Å²) in [5, 5.41) is 12.8. The highest BCUT2D eigenvalue weighted by Crippen LogP contribution is 2.28. The predicted octanol–water partition coefficient (Wildman–Crippen LogP) is 1.77. The van der Waals surface area contributed by atoms with Crippen LogP contribution in [0.25, 0.3) is 0 Å². The number of halogens is 1. The zero-order valence-electron chi connectivity index (χ0n) is 10.1. The van der Waals surface area contributed by atoms with Gasteiger partial charge in [0.1, 0.15) is 5.60 Å². The van der Waals surface area contributed by atoms with Crippen LogP contribution < -0.4 is 5.32 Å². The number of hydrogen-bond donors (Lipinski definition) is 2. The molecular formula is C12H16ClNO3S. The summed E-state index contributed by atoms with van der Waals surface area (Å²) in [6, 6.07) is 3.63. The number of carbonyl (C=O) groups excluding carboxylic acids is 1. The van der Waals surface area contributed by atoms with E-state index in [1.807, 2.05) is 13.0 Å². The highest BCUT2D eigenvalue weighted by molar-refractivity contribution is 7.16. The van der Waals surface area contributed by atoms with E-state index in [9.17, 15) is 9.90 Å². The van der Waals surface area contributed by atoms with Crippen LogP contribution in [0.4, 0.5) is 0 Å². The molecule has 0 aliphatic carbocycles. The minimum Gasteiger partial charge on any atom is -0.386 e. The van der Waals surface area contributed by atoms with Gasteiger partial charge in [0.15, 0.2) is 0 Å². The molecule has 1 aromatic heterocycles. The lowest BCUT2D eigenvalue weighted by Crippen LogP contribution is -2.44. The van der Waals surface area contributed by atoms with Crippen LogP contribution >= 0.6 is 22.9 Å². The number of aliphatic hydroxyl groups is 1. The van der Waals surface area contributed by atoms with Gasteiger partial charge in [-0.15, -0.1) is 11.3 Å². The molecule has 1 aliphatic rings. The van der Waals surface area contributed by atoms with E-state index < -0.39 is 5.60 Å². The molecule has 0 spiro atoms. The topological polar surface area (TPSA) is 58.6 Å². The molecule has 2 N–H and O–H groups in total. The Kier molecular flexibility index (Phi) is 4.27. The zero-order chi connectivity index (χ0) is 13.2. The fourth-order valence-electron chi connectivity index (χ4n) is 1.83. The first-order valence-corrected chi connectivity index (χ1v) is 7.03. The second kappa shape index (κ2) is 5.57. The summed E-state index contributed by atoms with van der Waals surface area (Å²) in [5.74, 6) is -0.359. The van der Waals surface area contributed by atoms with E-state index in [0.29, 0.717) is 17.4 Å². The van der Waals surface area contributed by atoms with E-state index in [-0.39, 0.29) is 25.0 Å². The van der Waals surface area contributed by atoms with Gasteiger partial charge in [-0.1, -0.05) is 11.6 Å². The van der Waals surface area contributed by atoms with Crippen LogP contribution in [0.5, 0.6) is 0 Å². The molecule has 100 valence electrons. The highest BCUT2D eigenvalue weighted by Gasteiger charge is 2.33. The molecule has 18 heavy (non-hydrogen) atoms. The number of ether oxygens (including phenoxy) is 1. The van der Waals surface area contributed by atoms with E-state index in [4.69, 9.17) is 16.3 Å². The molecule has 0 radical (unpaired) electrons. The maximum atomic E-state index is 12.0. The van der Waals surface area contributed by atoms with Crippen LogP contribution in [0, 0.1) is 0 Å². The van der Waals surface area contributed by atoms with E-state index in [1.54, 1.807) is 6.07 Å². The van der Waals surface area contributed by atoms with Crippen molar-refractivity contribution in [3.05, 3.63) is 21.3 Å². The normalized spacial score (nSPS) is 25.1. The predicted molar refractivity (Wildman–Crippen MR) is 71.1 cm³/mol. The summed E-state index contributed by atoms with van der Waals surface area (Å²) in [6.07, 6.45) is 0.562. The first-order chi connectivity index (χ1) is 8.50. The van der Waals surface area contributed by atoms with E-state index in [2.05, 4.69) is 5.32 Å². The summed E-state index contributed by atoms with van der Waals surface area (Å²) in [7, 11) is 0. The Morgan fingerprint density at radius 1 is 1.72 bits per heavy atom. The lowest BCUT2D eigenvalue weighted by Gasteiger charge is -2.21. The Bertz CT molecular complexity index is 429. The number of hydrogen-bond acceptors (Lipinski definition) is 4. The van der Waals surface area contributed by atoms with Crippen molar-refractivity contribution < 1.29 is 14.6 Å². The second-order valence-electron chi connectivity index (χ2n) is 4.61. The third kappa shape index (κ3) is 3.23. The van der Waals surface area contributed by atoms with Crippen molar-refractivity contribution in [2.24, 2.45) is 0 Å². The standard InChI is InChI=1S/C12H16ClNO3S/c1-8(9-2-3-10(13)18-9)11(15)14-6-12(16)4-5-17-7-12/h2-3,8,16H,4-7H2,1H3,(H,14,15). The maximum Gasteiger partial charge on any atom is 0.228 e. The Labute approximate surface area is 115 Å². The Balaban J connectivity index is 1.88. The Hall–Kier alpha value is -0.620. The molecule has 2 unspecified atom stereocenters. The van der Waals surface area contributed by atoms with Gasteiger partial charge >= 0.3 is 0 Å². The Morgan fingerprint density at radius 2 is 2.50 bits per heavy atom. The van der Waals surface area contributed by atoms with Crippen molar-refractivity contribution in [3.63, 3.8) is 0 Å². The Morgan fingerprint density at radius 3 is 3.06 bits per heavy atom. The minimum absolute atomic E-state index is 0.103. The molecule has 6 heteroatoms.